The second kappa shape index (κ2) is 6.99. The highest BCUT2D eigenvalue weighted by molar-refractivity contribution is 6.08. The van der Waals surface area contributed by atoms with Gasteiger partial charge >= 0.3 is 0 Å². The van der Waals surface area contributed by atoms with Gasteiger partial charge in [0.15, 0.2) is 5.76 Å². The number of nitrogens with zero attached hydrogens (tertiary/aromatic N) is 1. The van der Waals surface area contributed by atoms with Crippen LogP contribution in [0.5, 0.6) is 5.75 Å². The van der Waals surface area contributed by atoms with E-state index in [9.17, 15) is 9.59 Å². The number of furan rings is 1. The normalized spacial score (nSPS) is 12.6. The third-order valence-corrected chi connectivity index (χ3v) is 4.57. The van der Waals surface area contributed by atoms with Crippen LogP contribution >= 0.6 is 0 Å². The van der Waals surface area contributed by atoms with Crippen molar-refractivity contribution in [1.29, 1.82) is 0 Å². The molecule has 0 unspecified atom stereocenters. The van der Waals surface area contributed by atoms with Crippen LogP contribution in [0.25, 0.3) is 0 Å². The molecule has 0 spiro atoms. The Morgan fingerprint density at radius 3 is 2.63 bits per heavy atom. The molecular formula is C21H18N2O4. The SMILES string of the molecule is COc1ccc(C(=O)N2CCc3ccc(NC(=O)c4ccco4)cc32)cc1. The fraction of sp³-hybridized carbons (Fsp3) is 0.143. The lowest BCUT2D eigenvalue weighted by molar-refractivity contribution is 0.0985. The molecule has 6 nitrogen and oxygen atoms in total. The van der Waals surface area contributed by atoms with E-state index >= 15 is 0 Å². The van der Waals surface area contributed by atoms with E-state index in [0.29, 0.717) is 23.5 Å². The molecule has 0 radical (unpaired) electrons. The molecule has 1 aliphatic heterocycles. The van der Waals surface area contributed by atoms with Crippen LogP contribution in [0.2, 0.25) is 0 Å². The van der Waals surface area contributed by atoms with Crippen molar-refractivity contribution < 1.29 is 18.7 Å². The average molecular weight is 362 g/mol. The minimum Gasteiger partial charge on any atom is -0.497 e. The van der Waals surface area contributed by atoms with E-state index < -0.39 is 0 Å². The Morgan fingerprint density at radius 1 is 1.11 bits per heavy atom. The monoisotopic (exact) mass is 362 g/mol. The zero-order chi connectivity index (χ0) is 18.8. The second-order valence-corrected chi connectivity index (χ2v) is 6.21. The topological polar surface area (TPSA) is 71.8 Å². The van der Waals surface area contributed by atoms with Crippen LogP contribution in [0.15, 0.2) is 65.3 Å². The van der Waals surface area contributed by atoms with Gasteiger partial charge in [0.1, 0.15) is 5.75 Å². The molecule has 3 aromatic rings. The van der Waals surface area contributed by atoms with E-state index in [2.05, 4.69) is 5.32 Å². The Balaban J connectivity index is 1.56. The fourth-order valence-electron chi connectivity index (χ4n) is 3.16. The molecule has 4 rings (SSSR count). The number of methoxy groups -OCH3 is 1. The molecule has 2 aromatic carbocycles. The summed E-state index contributed by atoms with van der Waals surface area (Å²) in [5, 5.41) is 2.80. The average Bonchev–Trinajstić information content (AvgIpc) is 3.37. The first-order valence-electron chi connectivity index (χ1n) is 8.59. The molecule has 0 saturated heterocycles. The summed E-state index contributed by atoms with van der Waals surface area (Å²) in [7, 11) is 1.59. The molecule has 27 heavy (non-hydrogen) atoms. The third kappa shape index (κ3) is 3.29. The van der Waals surface area contributed by atoms with Crippen molar-refractivity contribution in [3.63, 3.8) is 0 Å². The number of amides is 2. The number of carbonyl (C=O) groups is 2. The van der Waals surface area contributed by atoms with Gasteiger partial charge in [0.25, 0.3) is 11.8 Å². The highest BCUT2D eigenvalue weighted by Gasteiger charge is 2.26. The Kier molecular flexibility index (Phi) is 4.38. The van der Waals surface area contributed by atoms with E-state index in [4.69, 9.17) is 9.15 Å². The Hall–Kier alpha value is -3.54. The summed E-state index contributed by atoms with van der Waals surface area (Å²) >= 11 is 0. The molecule has 0 aliphatic carbocycles. The maximum Gasteiger partial charge on any atom is 0.291 e. The van der Waals surface area contributed by atoms with Gasteiger partial charge in [-0.05, 0) is 60.5 Å². The van der Waals surface area contributed by atoms with Crippen molar-refractivity contribution in [1.82, 2.24) is 0 Å². The van der Waals surface area contributed by atoms with E-state index in [1.54, 1.807) is 48.4 Å². The lowest BCUT2D eigenvalue weighted by Gasteiger charge is -2.18. The number of fused-ring (bicyclic) bond motifs is 1. The Bertz CT molecular complexity index is 978. The van der Waals surface area contributed by atoms with Crippen LogP contribution in [-0.2, 0) is 6.42 Å². The predicted octanol–water partition coefficient (Wildman–Crippen LogP) is 3.74. The van der Waals surface area contributed by atoms with Crippen molar-refractivity contribution in [3.05, 3.63) is 77.7 Å². The number of benzene rings is 2. The van der Waals surface area contributed by atoms with E-state index in [1.165, 1.54) is 6.26 Å². The van der Waals surface area contributed by atoms with Crippen LogP contribution in [0.1, 0.15) is 26.5 Å². The number of hydrogen-bond acceptors (Lipinski definition) is 4. The summed E-state index contributed by atoms with van der Waals surface area (Å²) in [5.41, 5.74) is 3.10. The van der Waals surface area contributed by atoms with Crippen molar-refractivity contribution in [3.8, 4) is 5.75 Å². The molecular weight excluding hydrogens is 344 g/mol. The molecule has 1 aliphatic rings. The van der Waals surface area contributed by atoms with Crippen LogP contribution < -0.4 is 15.0 Å². The summed E-state index contributed by atoms with van der Waals surface area (Å²) in [6.07, 6.45) is 2.23. The first-order chi connectivity index (χ1) is 13.2. The van der Waals surface area contributed by atoms with Gasteiger partial charge in [-0.15, -0.1) is 0 Å². The first-order valence-corrected chi connectivity index (χ1v) is 8.59. The van der Waals surface area contributed by atoms with Crippen molar-refractivity contribution in [2.24, 2.45) is 0 Å². The fourth-order valence-corrected chi connectivity index (χ4v) is 3.16. The molecule has 1 aromatic heterocycles. The minimum atomic E-state index is -0.328. The lowest BCUT2D eigenvalue weighted by atomic mass is 10.1. The predicted molar refractivity (Wildman–Crippen MR) is 101 cm³/mol. The first kappa shape index (κ1) is 16.9. The van der Waals surface area contributed by atoms with Crippen LogP contribution in [0.3, 0.4) is 0 Å². The number of rotatable bonds is 4. The van der Waals surface area contributed by atoms with Gasteiger partial charge in [0.2, 0.25) is 0 Å². The number of ether oxygens (including phenoxy) is 1. The largest absolute Gasteiger partial charge is 0.497 e. The zero-order valence-corrected chi connectivity index (χ0v) is 14.8. The van der Waals surface area contributed by atoms with E-state index in [0.717, 1.165) is 17.7 Å². The number of nitrogens with one attached hydrogen (secondary N) is 1. The molecule has 6 heteroatoms. The van der Waals surface area contributed by atoms with Crippen molar-refractivity contribution in [2.45, 2.75) is 6.42 Å². The quantitative estimate of drug-likeness (QED) is 0.767. The molecule has 2 amide bonds. The maximum absolute atomic E-state index is 12.9. The Morgan fingerprint density at radius 2 is 1.93 bits per heavy atom. The van der Waals surface area contributed by atoms with Crippen LogP contribution in [0.4, 0.5) is 11.4 Å². The van der Waals surface area contributed by atoms with E-state index in [1.807, 2.05) is 18.2 Å². The molecule has 2 heterocycles. The standard InChI is InChI=1S/C21H18N2O4/c1-26-17-8-5-15(6-9-17)21(25)23-11-10-14-4-7-16(13-18(14)23)22-20(24)19-3-2-12-27-19/h2-9,12-13H,10-11H2,1H3,(H,22,24). The summed E-state index contributed by atoms with van der Waals surface area (Å²) in [6.45, 7) is 0.607. The van der Waals surface area contributed by atoms with Crippen molar-refractivity contribution in [2.75, 3.05) is 23.9 Å². The van der Waals surface area contributed by atoms with Crippen molar-refractivity contribution >= 4 is 23.2 Å². The zero-order valence-electron chi connectivity index (χ0n) is 14.8. The summed E-state index contributed by atoms with van der Waals surface area (Å²) in [6, 6.07) is 15.9. The van der Waals surface area contributed by atoms with Gasteiger partial charge in [-0.1, -0.05) is 6.07 Å². The molecule has 0 saturated carbocycles. The molecule has 0 bridgehead atoms. The number of anilines is 2. The van der Waals surface area contributed by atoms with Gasteiger partial charge in [-0.3, -0.25) is 9.59 Å². The van der Waals surface area contributed by atoms with Gasteiger partial charge in [-0.2, -0.15) is 0 Å². The maximum atomic E-state index is 12.9. The summed E-state index contributed by atoms with van der Waals surface area (Å²) < 4.78 is 10.3. The summed E-state index contributed by atoms with van der Waals surface area (Å²) in [5.74, 6) is 0.537. The minimum absolute atomic E-state index is 0.0779. The molecule has 0 fully saturated rings. The van der Waals surface area contributed by atoms with Gasteiger partial charge < -0.3 is 19.4 Å². The Labute approximate surface area is 156 Å². The summed E-state index contributed by atoms with van der Waals surface area (Å²) in [4.78, 5) is 26.8. The van der Waals surface area contributed by atoms with Crippen LogP contribution in [0, 0.1) is 0 Å². The van der Waals surface area contributed by atoms with Gasteiger partial charge in [-0.25, -0.2) is 0 Å². The third-order valence-electron chi connectivity index (χ3n) is 4.57. The molecule has 136 valence electrons. The van der Waals surface area contributed by atoms with Gasteiger partial charge in [0, 0.05) is 23.5 Å². The number of hydrogen-bond donors (Lipinski definition) is 1. The van der Waals surface area contributed by atoms with Crippen LogP contribution in [-0.4, -0.2) is 25.5 Å². The molecule has 1 N–H and O–H groups in total. The second-order valence-electron chi connectivity index (χ2n) is 6.21. The number of carbonyl (C=O) groups excluding carboxylic acids is 2. The van der Waals surface area contributed by atoms with Gasteiger partial charge in [0.05, 0.1) is 13.4 Å². The smallest absolute Gasteiger partial charge is 0.291 e. The highest BCUT2D eigenvalue weighted by atomic mass is 16.5. The molecule has 0 atom stereocenters. The van der Waals surface area contributed by atoms with E-state index in [-0.39, 0.29) is 17.6 Å². The highest BCUT2D eigenvalue weighted by Crippen LogP contribution is 2.32. The lowest BCUT2D eigenvalue weighted by Crippen LogP contribution is -2.28.